The van der Waals surface area contributed by atoms with Gasteiger partial charge in [-0.05, 0) is 54.6 Å². The van der Waals surface area contributed by atoms with Gasteiger partial charge in [-0.15, -0.1) is 0 Å². The molecule has 1 N–H and O–H groups in total. The standard InChI is InChI=1S/C26H18F2N4O2/c1-2-20-24(26(33)31-22-11-4-10-21-16(22)7-5-13-29-21)32-14-6-12-23(25(32)30-20)34-15-17-18(27)8-3-9-19(17)28/h2-14H,1,15H2,(H,31,33). The molecule has 1 amide bonds. The van der Waals surface area contributed by atoms with Crippen molar-refractivity contribution in [2.24, 2.45) is 0 Å². The van der Waals surface area contributed by atoms with Crippen LogP contribution in [0.4, 0.5) is 14.5 Å². The second-order valence-electron chi connectivity index (χ2n) is 7.43. The Morgan fingerprint density at radius 3 is 2.65 bits per heavy atom. The number of benzene rings is 2. The minimum atomic E-state index is -0.702. The number of amides is 1. The van der Waals surface area contributed by atoms with Crippen LogP contribution in [-0.4, -0.2) is 20.3 Å². The van der Waals surface area contributed by atoms with Crippen molar-refractivity contribution in [1.29, 1.82) is 0 Å². The number of pyridine rings is 2. The number of ether oxygens (including phenoxy) is 1. The quantitative estimate of drug-likeness (QED) is 0.359. The highest BCUT2D eigenvalue weighted by Gasteiger charge is 2.21. The molecule has 0 atom stereocenters. The molecular formula is C26H18F2N4O2. The van der Waals surface area contributed by atoms with E-state index >= 15 is 0 Å². The Labute approximate surface area is 193 Å². The third-order valence-electron chi connectivity index (χ3n) is 5.38. The Kier molecular flexibility index (Phi) is 5.47. The van der Waals surface area contributed by atoms with E-state index in [-0.39, 0.29) is 23.6 Å². The number of hydrogen-bond acceptors (Lipinski definition) is 4. The minimum Gasteiger partial charge on any atom is -0.485 e. The van der Waals surface area contributed by atoms with E-state index in [1.165, 1.54) is 24.3 Å². The van der Waals surface area contributed by atoms with E-state index in [4.69, 9.17) is 4.74 Å². The molecule has 0 aliphatic carbocycles. The first-order chi connectivity index (χ1) is 16.6. The summed E-state index contributed by atoms with van der Waals surface area (Å²) in [5.74, 6) is -1.55. The second-order valence-corrected chi connectivity index (χ2v) is 7.43. The second kappa shape index (κ2) is 8.74. The van der Waals surface area contributed by atoms with Gasteiger partial charge in [0.05, 0.1) is 22.5 Å². The predicted octanol–water partition coefficient (Wildman–Crippen LogP) is 5.64. The average molecular weight is 456 g/mol. The lowest BCUT2D eigenvalue weighted by atomic mass is 10.1. The molecule has 0 fully saturated rings. The summed E-state index contributed by atoms with van der Waals surface area (Å²) >= 11 is 0. The molecule has 0 saturated carbocycles. The van der Waals surface area contributed by atoms with Crippen LogP contribution in [0, 0.1) is 11.6 Å². The Morgan fingerprint density at radius 1 is 1.06 bits per heavy atom. The molecule has 0 aliphatic heterocycles. The number of imidazole rings is 1. The molecule has 5 rings (SSSR count). The van der Waals surface area contributed by atoms with Crippen LogP contribution in [0.5, 0.6) is 5.75 Å². The van der Waals surface area contributed by atoms with Gasteiger partial charge < -0.3 is 10.1 Å². The molecule has 0 saturated heterocycles. The summed E-state index contributed by atoms with van der Waals surface area (Å²) in [7, 11) is 0. The van der Waals surface area contributed by atoms with Gasteiger partial charge >= 0.3 is 0 Å². The molecule has 2 aromatic carbocycles. The van der Waals surface area contributed by atoms with E-state index in [1.54, 1.807) is 41.1 Å². The number of nitrogens with zero attached hydrogens (tertiary/aromatic N) is 3. The van der Waals surface area contributed by atoms with Crippen LogP contribution in [0.3, 0.4) is 0 Å². The van der Waals surface area contributed by atoms with Crippen LogP contribution >= 0.6 is 0 Å². The van der Waals surface area contributed by atoms with Gasteiger partial charge in [0.15, 0.2) is 11.4 Å². The van der Waals surface area contributed by atoms with Gasteiger partial charge in [-0.1, -0.05) is 18.7 Å². The number of anilines is 1. The smallest absolute Gasteiger partial charge is 0.274 e. The van der Waals surface area contributed by atoms with Crippen LogP contribution in [0.15, 0.2) is 79.6 Å². The SMILES string of the molecule is C=Cc1nc2c(OCc3c(F)cccc3F)cccn2c1C(=O)Nc1cccc2ncccc12. The molecule has 0 spiro atoms. The average Bonchev–Trinajstić information content (AvgIpc) is 3.23. The van der Waals surface area contributed by atoms with Crippen LogP contribution < -0.4 is 10.1 Å². The van der Waals surface area contributed by atoms with Gasteiger partial charge in [-0.2, -0.15) is 0 Å². The van der Waals surface area contributed by atoms with Crippen molar-refractivity contribution in [2.75, 3.05) is 5.32 Å². The molecule has 168 valence electrons. The molecule has 0 unspecified atom stereocenters. The number of carbonyl (C=O) groups is 1. The monoisotopic (exact) mass is 456 g/mol. The number of aromatic nitrogens is 3. The summed E-state index contributed by atoms with van der Waals surface area (Å²) < 4.78 is 35.3. The van der Waals surface area contributed by atoms with Gasteiger partial charge in [0.25, 0.3) is 5.91 Å². The van der Waals surface area contributed by atoms with Gasteiger partial charge in [0.1, 0.15) is 23.9 Å². The summed E-state index contributed by atoms with van der Waals surface area (Å²) in [6.07, 6.45) is 4.81. The van der Waals surface area contributed by atoms with Crippen molar-refractivity contribution in [1.82, 2.24) is 14.4 Å². The summed E-state index contributed by atoms with van der Waals surface area (Å²) in [5, 5.41) is 3.71. The Balaban J connectivity index is 1.50. The normalized spacial score (nSPS) is 11.0. The number of hydrogen-bond donors (Lipinski definition) is 1. The van der Waals surface area contributed by atoms with E-state index in [2.05, 4.69) is 21.9 Å². The third kappa shape index (κ3) is 3.75. The molecule has 3 heterocycles. The van der Waals surface area contributed by atoms with E-state index in [9.17, 15) is 13.6 Å². The molecule has 0 radical (unpaired) electrons. The zero-order valence-corrected chi connectivity index (χ0v) is 17.8. The Bertz CT molecular complexity index is 1540. The maximum absolute atomic E-state index is 14.0. The first-order valence-corrected chi connectivity index (χ1v) is 10.4. The summed E-state index contributed by atoms with van der Waals surface area (Å²) in [6, 6.07) is 16.0. The van der Waals surface area contributed by atoms with Crippen molar-refractivity contribution in [3.63, 3.8) is 0 Å². The van der Waals surface area contributed by atoms with E-state index in [0.717, 1.165) is 10.9 Å². The van der Waals surface area contributed by atoms with Crippen molar-refractivity contribution in [3.05, 3.63) is 108 Å². The van der Waals surface area contributed by atoms with Crippen LogP contribution in [0.1, 0.15) is 21.7 Å². The van der Waals surface area contributed by atoms with E-state index in [0.29, 0.717) is 17.0 Å². The molecule has 3 aromatic heterocycles. The molecule has 0 bridgehead atoms. The van der Waals surface area contributed by atoms with E-state index < -0.39 is 17.5 Å². The van der Waals surface area contributed by atoms with Crippen molar-refractivity contribution in [3.8, 4) is 5.75 Å². The summed E-state index contributed by atoms with van der Waals surface area (Å²) in [6.45, 7) is 3.43. The van der Waals surface area contributed by atoms with Gasteiger partial charge in [0, 0.05) is 17.8 Å². The van der Waals surface area contributed by atoms with Crippen molar-refractivity contribution >= 4 is 34.2 Å². The van der Waals surface area contributed by atoms with Crippen molar-refractivity contribution in [2.45, 2.75) is 6.61 Å². The fourth-order valence-corrected chi connectivity index (χ4v) is 3.75. The molecule has 0 aliphatic rings. The number of halogens is 2. The van der Waals surface area contributed by atoms with E-state index in [1.807, 2.05) is 18.2 Å². The van der Waals surface area contributed by atoms with Gasteiger partial charge in [-0.3, -0.25) is 14.2 Å². The maximum atomic E-state index is 14.0. The lowest BCUT2D eigenvalue weighted by molar-refractivity contribution is 0.102. The van der Waals surface area contributed by atoms with Crippen LogP contribution in [0.25, 0.3) is 22.6 Å². The number of carbonyl (C=O) groups excluding carboxylic acids is 1. The highest BCUT2D eigenvalue weighted by atomic mass is 19.1. The highest BCUT2D eigenvalue weighted by Crippen LogP contribution is 2.27. The first-order valence-electron chi connectivity index (χ1n) is 10.4. The Hall–Kier alpha value is -4.59. The fourth-order valence-electron chi connectivity index (χ4n) is 3.75. The molecular weight excluding hydrogens is 438 g/mol. The largest absolute Gasteiger partial charge is 0.485 e. The van der Waals surface area contributed by atoms with Crippen molar-refractivity contribution < 1.29 is 18.3 Å². The van der Waals surface area contributed by atoms with Gasteiger partial charge in [-0.25, -0.2) is 13.8 Å². The van der Waals surface area contributed by atoms with Crippen LogP contribution in [-0.2, 0) is 6.61 Å². The number of fused-ring (bicyclic) bond motifs is 2. The van der Waals surface area contributed by atoms with Gasteiger partial charge in [0.2, 0.25) is 0 Å². The summed E-state index contributed by atoms with van der Waals surface area (Å²) in [5.41, 5.74) is 2.06. The predicted molar refractivity (Wildman–Crippen MR) is 126 cm³/mol. The zero-order valence-electron chi connectivity index (χ0n) is 17.8. The molecule has 5 aromatic rings. The molecule has 34 heavy (non-hydrogen) atoms. The fraction of sp³-hybridized carbons (Fsp3) is 0.0385. The lowest BCUT2D eigenvalue weighted by Crippen LogP contribution is -2.16. The number of rotatable bonds is 6. The molecule has 6 nitrogen and oxygen atoms in total. The summed E-state index contributed by atoms with van der Waals surface area (Å²) in [4.78, 5) is 22.1. The first kappa shape index (κ1) is 21.3. The topological polar surface area (TPSA) is 68.5 Å². The number of nitrogens with one attached hydrogen (secondary N) is 1. The van der Waals surface area contributed by atoms with Crippen LogP contribution in [0.2, 0.25) is 0 Å². The zero-order chi connectivity index (χ0) is 23.7. The third-order valence-corrected chi connectivity index (χ3v) is 5.38. The minimum absolute atomic E-state index is 0.192. The lowest BCUT2D eigenvalue weighted by Gasteiger charge is -2.10. The highest BCUT2D eigenvalue weighted by molar-refractivity contribution is 6.09. The molecule has 8 heteroatoms. The Morgan fingerprint density at radius 2 is 1.85 bits per heavy atom. The maximum Gasteiger partial charge on any atom is 0.274 e.